The Morgan fingerprint density at radius 2 is 1.71 bits per heavy atom. The minimum absolute atomic E-state index is 0.0619. The third-order valence-corrected chi connectivity index (χ3v) is 4.65. The van der Waals surface area contributed by atoms with Gasteiger partial charge in [-0.05, 0) is 31.6 Å². The van der Waals surface area contributed by atoms with E-state index in [-0.39, 0.29) is 28.2 Å². The lowest BCUT2D eigenvalue weighted by Crippen LogP contribution is -2.57. The molecule has 0 unspecified atom stereocenters. The molecule has 21 heavy (non-hydrogen) atoms. The van der Waals surface area contributed by atoms with Gasteiger partial charge >= 0.3 is 5.91 Å². The second-order valence-corrected chi connectivity index (χ2v) is 6.35. The number of nitrogens with zero attached hydrogens (tertiary/aromatic N) is 2. The van der Waals surface area contributed by atoms with Crippen molar-refractivity contribution in [2.75, 3.05) is 27.7 Å². The molecule has 3 amide bonds. The van der Waals surface area contributed by atoms with Gasteiger partial charge < -0.3 is 0 Å². The van der Waals surface area contributed by atoms with Gasteiger partial charge in [-0.25, -0.2) is 4.79 Å². The number of rotatable bonds is 4. The summed E-state index contributed by atoms with van der Waals surface area (Å²) in [6, 6.07) is 0. The lowest BCUT2D eigenvalue weighted by atomic mass is 9.81. The number of amides is 3. The van der Waals surface area contributed by atoms with Crippen molar-refractivity contribution in [1.82, 2.24) is 10.3 Å². The van der Waals surface area contributed by atoms with Crippen LogP contribution in [0.4, 0.5) is 0 Å². The molecule has 6 nitrogen and oxygen atoms in total. The Morgan fingerprint density at radius 3 is 2.19 bits per heavy atom. The monoisotopic (exact) mass is 294 g/mol. The van der Waals surface area contributed by atoms with Crippen LogP contribution in [0, 0.1) is 11.8 Å². The molecular formula is C15H24N3O3+. The zero-order valence-corrected chi connectivity index (χ0v) is 13.0. The van der Waals surface area contributed by atoms with Crippen molar-refractivity contribution in [2.45, 2.75) is 25.7 Å². The number of quaternary nitrogens is 1. The van der Waals surface area contributed by atoms with Gasteiger partial charge in [0.25, 0.3) is 11.8 Å². The summed E-state index contributed by atoms with van der Waals surface area (Å²) in [5.41, 5.74) is 3.00. The van der Waals surface area contributed by atoms with Crippen molar-refractivity contribution in [3.8, 4) is 0 Å². The first-order valence-corrected chi connectivity index (χ1v) is 7.46. The fourth-order valence-electron chi connectivity index (χ4n) is 3.03. The molecule has 0 aromatic carbocycles. The summed E-state index contributed by atoms with van der Waals surface area (Å²) in [6.07, 6.45) is 6.08. The second kappa shape index (κ2) is 6.07. The molecule has 0 radical (unpaired) electrons. The van der Waals surface area contributed by atoms with Gasteiger partial charge in [-0.15, -0.1) is 0 Å². The van der Waals surface area contributed by atoms with E-state index in [0.29, 0.717) is 12.5 Å². The molecular weight excluding hydrogens is 270 g/mol. The average molecular weight is 294 g/mol. The molecule has 0 saturated heterocycles. The van der Waals surface area contributed by atoms with Crippen LogP contribution < -0.4 is 5.43 Å². The Morgan fingerprint density at radius 1 is 1.19 bits per heavy atom. The smallest absolute Gasteiger partial charge is 0.275 e. The highest BCUT2D eigenvalue weighted by atomic mass is 16.2. The van der Waals surface area contributed by atoms with E-state index in [9.17, 15) is 14.4 Å². The van der Waals surface area contributed by atoms with Gasteiger partial charge in [0.2, 0.25) is 0 Å². The molecule has 0 spiro atoms. The summed E-state index contributed by atoms with van der Waals surface area (Å²) in [4.78, 5) is 36.8. The lowest BCUT2D eigenvalue weighted by molar-refractivity contribution is -0.859. The summed E-state index contributed by atoms with van der Waals surface area (Å²) in [5.74, 6) is 0.141. The molecule has 1 saturated carbocycles. The topological polar surface area (TPSA) is 66.5 Å². The quantitative estimate of drug-likeness (QED) is 0.464. The number of hydrogen-bond donors (Lipinski definition) is 1. The van der Waals surface area contributed by atoms with Crippen molar-refractivity contribution in [3.05, 3.63) is 12.2 Å². The van der Waals surface area contributed by atoms with Crippen molar-refractivity contribution in [2.24, 2.45) is 11.8 Å². The Kier molecular flexibility index (Phi) is 4.58. The van der Waals surface area contributed by atoms with E-state index in [1.165, 1.54) is 17.1 Å². The highest BCUT2D eigenvalue weighted by molar-refractivity contribution is 6.12. The number of carbonyl (C=O) groups excluding carboxylic acids is 3. The van der Waals surface area contributed by atoms with Crippen molar-refractivity contribution >= 4 is 17.7 Å². The molecule has 0 bridgehead atoms. The van der Waals surface area contributed by atoms with Gasteiger partial charge in [-0.1, -0.05) is 0 Å². The Labute approximate surface area is 125 Å². The Bertz CT molecular complexity index is 459. The molecule has 0 atom stereocenters. The number of carbonyl (C=O) groups is 3. The third-order valence-electron chi connectivity index (χ3n) is 4.65. The average Bonchev–Trinajstić information content (AvgIpc) is 2.79. The Balaban J connectivity index is 1.85. The van der Waals surface area contributed by atoms with Gasteiger partial charge in [0.05, 0.1) is 20.0 Å². The zero-order valence-electron chi connectivity index (χ0n) is 13.0. The van der Waals surface area contributed by atoms with Crippen LogP contribution in [0.25, 0.3) is 0 Å². The SMILES string of the molecule is CN[N+](C)(C)C(=O)C1CCC(CN2C(=O)C=CC2=O)CC1. The van der Waals surface area contributed by atoms with Crippen molar-refractivity contribution in [3.63, 3.8) is 0 Å². The molecule has 2 rings (SSSR count). The maximum atomic E-state index is 12.4. The molecule has 0 aromatic rings. The maximum Gasteiger partial charge on any atom is 0.335 e. The zero-order chi connectivity index (χ0) is 15.6. The molecule has 2 aliphatic rings. The fraction of sp³-hybridized carbons (Fsp3) is 0.667. The van der Waals surface area contributed by atoms with E-state index in [0.717, 1.165) is 25.7 Å². The highest BCUT2D eigenvalue weighted by Gasteiger charge is 2.37. The molecule has 1 aliphatic heterocycles. The largest absolute Gasteiger partial charge is 0.335 e. The summed E-state index contributed by atoms with van der Waals surface area (Å²) in [5, 5.41) is 0. The van der Waals surface area contributed by atoms with E-state index >= 15 is 0 Å². The van der Waals surface area contributed by atoms with E-state index < -0.39 is 0 Å². The van der Waals surface area contributed by atoms with Gasteiger partial charge in [0.15, 0.2) is 0 Å². The fourth-order valence-corrected chi connectivity index (χ4v) is 3.03. The molecule has 1 aliphatic carbocycles. The van der Waals surface area contributed by atoms with Crippen LogP contribution in [-0.4, -0.2) is 54.9 Å². The standard InChI is InChI=1S/C15H24N3O3/c1-16-18(2,3)15(21)12-6-4-11(5-7-12)10-17-13(19)8-9-14(17)20/h8-9,11-12,16H,4-7,10H2,1-3H3/q+1. The lowest BCUT2D eigenvalue weighted by Gasteiger charge is -2.33. The minimum atomic E-state index is -0.216. The predicted octanol–water partition coefficient (Wildman–Crippen LogP) is 0.455. The number of hydrogen-bond acceptors (Lipinski definition) is 4. The van der Waals surface area contributed by atoms with Gasteiger partial charge in [-0.3, -0.25) is 14.5 Å². The van der Waals surface area contributed by atoms with E-state index in [1.54, 1.807) is 7.05 Å². The molecule has 6 heteroatoms. The predicted molar refractivity (Wildman–Crippen MR) is 77.5 cm³/mol. The van der Waals surface area contributed by atoms with Crippen molar-refractivity contribution < 1.29 is 19.0 Å². The van der Waals surface area contributed by atoms with Crippen LogP contribution in [0.2, 0.25) is 0 Å². The second-order valence-electron chi connectivity index (χ2n) is 6.35. The van der Waals surface area contributed by atoms with Gasteiger partial charge in [0.1, 0.15) is 0 Å². The summed E-state index contributed by atoms with van der Waals surface area (Å²) in [6.45, 7) is 0.482. The minimum Gasteiger partial charge on any atom is -0.275 e. The summed E-state index contributed by atoms with van der Waals surface area (Å²) >= 11 is 0. The summed E-state index contributed by atoms with van der Waals surface area (Å²) < 4.78 is 0.183. The van der Waals surface area contributed by atoms with Crippen LogP contribution in [0.1, 0.15) is 25.7 Å². The summed E-state index contributed by atoms with van der Waals surface area (Å²) in [7, 11) is 5.48. The van der Waals surface area contributed by atoms with Gasteiger partial charge in [0, 0.05) is 25.7 Å². The van der Waals surface area contributed by atoms with Crippen LogP contribution in [0.15, 0.2) is 12.2 Å². The first kappa shape index (κ1) is 15.9. The number of imide groups is 1. The molecule has 1 fully saturated rings. The van der Waals surface area contributed by atoms with Crippen molar-refractivity contribution in [1.29, 1.82) is 0 Å². The van der Waals surface area contributed by atoms with Crippen LogP contribution >= 0.6 is 0 Å². The van der Waals surface area contributed by atoms with E-state index in [4.69, 9.17) is 0 Å². The van der Waals surface area contributed by atoms with Crippen LogP contribution in [0.3, 0.4) is 0 Å². The molecule has 1 heterocycles. The van der Waals surface area contributed by atoms with E-state index in [1.807, 2.05) is 14.1 Å². The molecule has 0 aromatic heterocycles. The first-order valence-electron chi connectivity index (χ1n) is 7.46. The first-order chi connectivity index (χ1) is 9.85. The van der Waals surface area contributed by atoms with Crippen LogP contribution in [-0.2, 0) is 14.4 Å². The van der Waals surface area contributed by atoms with Gasteiger partial charge in [-0.2, -0.15) is 10.0 Å². The van der Waals surface area contributed by atoms with E-state index in [2.05, 4.69) is 5.43 Å². The normalized spacial score (nSPS) is 26.5. The third kappa shape index (κ3) is 3.39. The maximum absolute atomic E-state index is 12.4. The molecule has 116 valence electrons. The highest BCUT2D eigenvalue weighted by Crippen LogP contribution is 2.31. The number of nitrogens with one attached hydrogen (secondary N) is 1. The van der Waals surface area contributed by atoms with Crippen LogP contribution in [0.5, 0.6) is 0 Å². The Hall–Kier alpha value is -1.53. The molecule has 1 N–H and O–H groups in total.